The van der Waals surface area contributed by atoms with Gasteiger partial charge in [0.2, 0.25) is 5.95 Å². The fourth-order valence-corrected chi connectivity index (χ4v) is 4.54. The maximum Gasteiger partial charge on any atom is 0.410 e. The van der Waals surface area contributed by atoms with Gasteiger partial charge in [0, 0.05) is 37.0 Å². The number of rotatable bonds is 5. The summed E-state index contributed by atoms with van der Waals surface area (Å²) < 4.78 is 21.4. The average Bonchev–Trinajstić information content (AvgIpc) is 3.49. The van der Waals surface area contributed by atoms with Crippen molar-refractivity contribution in [2.24, 2.45) is 0 Å². The predicted molar refractivity (Wildman–Crippen MR) is 118 cm³/mol. The van der Waals surface area contributed by atoms with Crippen LogP contribution in [0.2, 0.25) is 0 Å². The standard InChI is InChI=1S/C23H25FN6O2/c1-2-32-23(31)29-10-8-16(9-11-29)18-12-25-22(30-14-27-28-21(18)30)26-13-19-17-5-3-4-15(17)6-7-20(19)24/h6-8,12,14H,2-5,9-11,13H2,1H3,(H,25,26). The summed E-state index contributed by atoms with van der Waals surface area (Å²) in [5.74, 6) is 0.376. The second kappa shape index (κ2) is 8.57. The number of halogens is 1. The first kappa shape index (κ1) is 20.4. The van der Waals surface area contributed by atoms with Crippen LogP contribution in [0.3, 0.4) is 0 Å². The molecular weight excluding hydrogens is 411 g/mol. The Kier molecular flexibility index (Phi) is 5.46. The Balaban J connectivity index is 1.37. The number of hydrogen-bond donors (Lipinski definition) is 1. The monoisotopic (exact) mass is 436 g/mol. The van der Waals surface area contributed by atoms with E-state index in [0.29, 0.717) is 49.8 Å². The van der Waals surface area contributed by atoms with E-state index >= 15 is 0 Å². The Labute approximate surface area is 185 Å². The average molecular weight is 436 g/mol. The Morgan fingerprint density at radius 2 is 2.19 bits per heavy atom. The van der Waals surface area contributed by atoms with Crippen LogP contribution in [-0.2, 0) is 24.1 Å². The quantitative estimate of drug-likeness (QED) is 0.658. The lowest BCUT2D eigenvalue weighted by atomic mass is 10.0. The van der Waals surface area contributed by atoms with Crippen LogP contribution in [0.15, 0.2) is 30.7 Å². The molecule has 0 unspecified atom stereocenters. The van der Waals surface area contributed by atoms with E-state index in [1.54, 1.807) is 34.8 Å². The molecule has 0 bridgehead atoms. The topological polar surface area (TPSA) is 84.7 Å². The molecule has 5 rings (SSSR count). The van der Waals surface area contributed by atoms with Gasteiger partial charge in [-0.05, 0) is 55.4 Å². The molecule has 32 heavy (non-hydrogen) atoms. The molecule has 3 aromatic rings. The minimum atomic E-state index is -0.298. The van der Waals surface area contributed by atoms with Crippen molar-refractivity contribution in [3.8, 4) is 0 Å². The van der Waals surface area contributed by atoms with Gasteiger partial charge in [0.1, 0.15) is 12.1 Å². The van der Waals surface area contributed by atoms with Crippen LogP contribution >= 0.6 is 0 Å². The zero-order valence-electron chi connectivity index (χ0n) is 18.0. The summed E-state index contributed by atoms with van der Waals surface area (Å²) in [5, 5.41) is 11.6. The number of anilines is 1. The number of benzene rings is 1. The van der Waals surface area contributed by atoms with E-state index in [2.05, 4.69) is 20.5 Å². The Bertz CT molecular complexity index is 1200. The van der Waals surface area contributed by atoms with Gasteiger partial charge in [0.05, 0.1) is 6.61 Å². The number of amides is 1. The largest absolute Gasteiger partial charge is 0.450 e. The van der Waals surface area contributed by atoms with E-state index in [9.17, 15) is 9.18 Å². The molecular formula is C23H25FN6O2. The highest BCUT2D eigenvalue weighted by Crippen LogP contribution is 2.29. The summed E-state index contributed by atoms with van der Waals surface area (Å²) in [6.45, 7) is 3.56. The number of carbonyl (C=O) groups excluding carboxylic acids is 1. The van der Waals surface area contributed by atoms with E-state index in [1.807, 2.05) is 12.1 Å². The Morgan fingerprint density at radius 3 is 3.00 bits per heavy atom. The molecule has 166 valence electrons. The van der Waals surface area contributed by atoms with E-state index in [1.165, 1.54) is 5.56 Å². The summed E-state index contributed by atoms with van der Waals surface area (Å²) in [5.41, 5.74) is 5.69. The molecule has 1 amide bonds. The van der Waals surface area contributed by atoms with Crippen LogP contribution in [0.5, 0.6) is 0 Å². The van der Waals surface area contributed by atoms with Crippen molar-refractivity contribution in [3.63, 3.8) is 0 Å². The third kappa shape index (κ3) is 3.68. The molecule has 0 atom stereocenters. The number of nitrogens with one attached hydrogen (secondary N) is 1. The van der Waals surface area contributed by atoms with E-state index in [-0.39, 0.29) is 11.9 Å². The molecule has 0 radical (unpaired) electrons. The van der Waals surface area contributed by atoms with Crippen LogP contribution in [-0.4, -0.2) is 50.3 Å². The van der Waals surface area contributed by atoms with E-state index in [4.69, 9.17) is 4.74 Å². The number of hydrogen-bond acceptors (Lipinski definition) is 6. The molecule has 0 saturated heterocycles. The fraction of sp³-hybridized carbons (Fsp3) is 0.391. The minimum absolute atomic E-state index is 0.187. The first-order valence-corrected chi connectivity index (χ1v) is 11.0. The van der Waals surface area contributed by atoms with Gasteiger partial charge in [-0.25, -0.2) is 14.2 Å². The molecule has 9 heteroatoms. The second-order valence-corrected chi connectivity index (χ2v) is 8.02. The van der Waals surface area contributed by atoms with Crippen molar-refractivity contribution >= 4 is 23.3 Å². The van der Waals surface area contributed by atoms with Crippen LogP contribution in [0, 0.1) is 5.82 Å². The van der Waals surface area contributed by atoms with Crippen molar-refractivity contribution in [1.29, 1.82) is 0 Å². The van der Waals surface area contributed by atoms with Crippen molar-refractivity contribution in [2.45, 2.75) is 39.2 Å². The summed E-state index contributed by atoms with van der Waals surface area (Å²) in [6.07, 6.45) is 8.74. The Hall–Kier alpha value is -3.49. The molecule has 1 aromatic carbocycles. The highest BCUT2D eigenvalue weighted by Gasteiger charge is 2.22. The zero-order valence-corrected chi connectivity index (χ0v) is 18.0. The molecule has 2 aromatic heterocycles. The molecule has 1 aliphatic carbocycles. The van der Waals surface area contributed by atoms with Crippen molar-refractivity contribution in [2.75, 3.05) is 25.0 Å². The zero-order chi connectivity index (χ0) is 22.1. The molecule has 0 saturated carbocycles. The van der Waals surface area contributed by atoms with Gasteiger partial charge in [-0.3, -0.25) is 4.40 Å². The lowest BCUT2D eigenvalue weighted by molar-refractivity contribution is 0.111. The Morgan fingerprint density at radius 1 is 1.28 bits per heavy atom. The minimum Gasteiger partial charge on any atom is -0.450 e. The fourth-order valence-electron chi connectivity index (χ4n) is 4.54. The maximum absolute atomic E-state index is 14.5. The summed E-state index contributed by atoms with van der Waals surface area (Å²) in [6, 6.07) is 3.45. The van der Waals surface area contributed by atoms with Gasteiger partial charge in [-0.15, -0.1) is 10.2 Å². The lowest BCUT2D eigenvalue weighted by Gasteiger charge is -2.25. The smallest absolute Gasteiger partial charge is 0.410 e. The van der Waals surface area contributed by atoms with Gasteiger partial charge in [0.25, 0.3) is 0 Å². The summed E-state index contributed by atoms with van der Waals surface area (Å²) >= 11 is 0. The molecule has 3 heterocycles. The van der Waals surface area contributed by atoms with Crippen LogP contribution in [0.25, 0.3) is 11.2 Å². The third-order valence-corrected chi connectivity index (χ3v) is 6.18. The highest BCUT2D eigenvalue weighted by molar-refractivity contribution is 5.78. The predicted octanol–water partition coefficient (Wildman–Crippen LogP) is 3.61. The molecule has 8 nitrogen and oxygen atoms in total. The first-order chi connectivity index (χ1) is 15.7. The highest BCUT2D eigenvalue weighted by atomic mass is 19.1. The number of ether oxygens (including phenoxy) is 1. The van der Waals surface area contributed by atoms with Gasteiger partial charge in [-0.2, -0.15) is 0 Å². The maximum atomic E-state index is 14.5. The van der Waals surface area contributed by atoms with E-state index in [0.717, 1.165) is 36.0 Å². The first-order valence-electron chi connectivity index (χ1n) is 11.0. The number of nitrogens with zero attached hydrogens (tertiary/aromatic N) is 5. The summed E-state index contributed by atoms with van der Waals surface area (Å²) in [7, 11) is 0. The molecule has 1 aliphatic heterocycles. The van der Waals surface area contributed by atoms with Crippen molar-refractivity contribution < 1.29 is 13.9 Å². The SMILES string of the molecule is CCOC(=O)N1CC=C(c2cnc(NCc3c(F)ccc4c3CCC4)n3cnnc23)CC1. The van der Waals surface area contributed by atoms with Crippen LogP contribution in [0.1, 0.15) is 42.0 Å². The van der Waals surface area contributed by atoms with Gasteiger partial charge in [-0.1, -0.05) is 12.1 Å². The molecule has 0 fully saturated rings. The van der Waals surface area contributed by atoms with E-state index < -0.39 is 0 Å². The van der Waals surface area contributed by atoms with Crippen LogP contribution < -0.4 is 5.32 Å². The lowest BCUT2D eigenvalue weighted by Crippen LogP contribution is -2.35. The number of fused-ring (bicyclic) bond motifs is 2. The number of aryl methyl sites for hydroxylation is 1. The molecule has 0 spiro atoms. The van der Waals surface area contributed by atoms with Crippen molar-refractivity contribution in [1.82, 2.24) is 24.5 Å². The third-order valence-electron chi connectivity index (χ3n) is 6.18. The normalized spacial score (nSPS) is 15.6. The molecule has 2 aliphatic rings. The number of carbonyl (C=O) groups is 1. The van der Waals surface area contributed by atoms with Crippen LogP contribution in [0.4, 0.5) is 15.1 Å². The number of aromatic nitrogens is 4. The van der Waals surface area contributed by atoms with Gasteiger partial charge < -0.3 is 15.0 Å². The summed E-state index contributed by atoms with van der Waals surface area (Å²) in [4.78, 5) is 18.2. The molecule has 1 N–H and O–H groups in total. The second-order valence-electron chi connectivity index (χ2n) is 8.02. The van der Waals surface area contributed by atoms with Gasteiger partial charge in [0.15, 0.2) is 5.65 Å². The van der Waals surface area contributed by atoms with Crippen molar-refractivity contribution in [3.05, 3.63) is 58.8 Å². The van der Waals surface area contributed by atoms with Gasteiger partial charge >= 0.3 is 6.09 Å².